The molecule has 1 fully saturated rings. The van der Waals surface area contributed by atoms with Crippen molar-refractivity contribution in [3.05, 3.63) is 29.3 Å². The monoisotopic (exact) mass is 485 g/mol. The van der Waals surface area contributed by atoms with Crippen molar-refractivity contribution in [2.45, 2.75) is 63.9 Å². The van der Waals surface area contributed by atoms with Gasteiger partial charge in [0.15, 0.2) is 13.4 Å². The second-order valence-corrected chi connectivity index (χ2v) is 14.8. The summed E-state index contributed by atoms with van der Waals surface area (Å²) in [5.41, 5.74) is 0. The average Bonchev–Trinajstić information content (AvgIpc) is 2.65. The molecule has 172 valence electrons. The molecule has 4 atom stereocenters. The quantitative estimate of drug-likeness (QED) is 0.158. The molecule has 0 N–H and O–H groups in total. The molecule has 0 saturated carbocycles. The van der Waals surface area contributed by atoms with Crippen LogP contribution in [0.1, 0.15) is 27.2 Å². The van der Waals surface area contributed by atoms with Crippen LogP contribution in [0.3, 0.4) is 0 Å². The summed E-state index contributed by atoms with van der Waals surface area (Å²) in [6.45, 7) is 12.1. The van der Waals surface area contributed by atoms with Crippen molar-refractivity contribution in [3.8, 4) is 0 Å². The van der Waals surface area contributed by atoms with Crippen molar-refractivity contribution in [1.82, 2.24) is 4.90 Å². The van der Waals surface area contributed by atoms with Crippen LogP contribution in [0.4, 0.5) is 0 Å². The van der Waals surface area contributed by atoms with Crippen molar-refractivity contribution in [2.24, 2.45) is 11.8 Å². The third kappa shape index (κ3) is 7.34. The fourth-order valence-corrected chi connectivity index (χ4v) is 6.07. The number of nitrogens with zero attached hydrogens (tertiary/aromatic N) is 1. The van der Waals surface area contributed by atoms with Crippen molar-refractivity contribution in [2.75, 3.05) is 13.2 Å². The second kappa shape index (κ2) is 11.0. The van der Waals surface area contributed by atoms with Crippen LogP contribution in [0.15, 0.2) is 29.2 Å². The molecule has 1 heterocycles. The van der Waals surface area contributed by atoms with E-state index in [1.54, 1.807) is 17.0 Å². The van der Waals surface area contributed by atoms with Crippen LogP contribution in [0, 0.1) is 11.8 Å². The summed E-state index contributed by atoms with van der Waals surface area (Å²) >= 11 is 7.10. The lowest BCUT2D eigenvalue weighted by molar-refractivity contribution is -0.168. The Kier molecular flexibility index (Phi) is 9.18. The number of benzene rings is 1. The topological polar surface area (TPSA) is 72.9 Å². The maximum Gasteiger partial charge on any atom is 0.302 e. The van der Waals surface area contributed by atoms with Gasteiger partial charge in [-0.1, -0.05) is 30.3 Å². The Labute approximate surface area is 195 Å². The van der Waals surface area contributed by atoms with Gasteiger partial charge in [-0.15, -0.1) is 0 Å². The summed E-state index contributed by atoms with van der Waals surface area (Å²) in [4.78, 5) is 39.6. The average molecular weight is 486 g/mol. The highest BCUT2D eigenvalue weighted by Gasteiger charge is 2.54. The zero-order valence-corrected chi connectivity index (χ0v) is 21.6. The standard InChI is InChI=1S/C22H32ClNO5SSi/c1-14(22(27)30-18-10-8-17(23)9-11-18)20-19(15(2)29-31(4,5)6)21(26)24(20)12-7-13-28-16(3)25/h8-11,14-15,19-20H,7,12-13H2,1-6H3/t14-,15-,19-,20-/m1/s1. The van der Waals surface area contributed by atoms with Crippen LogP contribution in [-0.2, 0) is 23.5 Å². The molecule has 0 aliphatic carbocycles. The van der Waals surface area contributed by atoms with Gasteiger partial charge in [0, 0.05) is 29.3 Å². The van der Waals surface area contributed by atoms with Crippen LogP contribution in [0.25, 0.3) is 0 Å². The normalized spacial score (nSPS) is 20.7. The number of amides is 1. The van der Waals surface area contributed by atoms with Crippen LogP contribution in [0.2, 0.25) is 24.7 Å². The number of halogens is 1. The summed E-state index contributed by atoms with van der Waals surface area (Å²) in [5, 5.41) is 0.612. The van der Waals surface area contributed by atoms with Gasteiger partial charge in [-0.2, -0.15) is 0 Å². The molecule has 31 heavy (non-hydrogen) atoms. The Hall–Kier alpha value is -1.35. The molecule has 0 unspecified atom stereocenters. The van der Waals surface area contributed by atoms with E-state index < -0.39 is 8.32 Å². The molecule has 0 spiro atoms. The zero-order valence-electron chi connectivity index (χ0n) is 19.0. The number of esters is 1. The molecule has 1 saturated heterocycles. The molecule has 0 aromatic heterocycles. The smallest absolute Gasteiger partial charge is 0.302 e. The summed E-state index contributed by atoms with van der Waals surface area (Å²) in [6.07, 6.45) is 0.271. The number of hydrogen-bond donors (Lipinski definition) is 0. The lowest BCUT2D eigenvalue weighted by atomic mass is 9.77. The number of likely N-dealkylation sites (tertiary alicyclic amines) is 1. The number of β-lactam (4-membered cyclic amide) rings is 1. The van der Waals surface area contributed by atoms with Gasteiger partial charge in [0.05, 0.1) is 24.7 Å². The fraction of sp³-hybridized carbons (Fsp3) is 0.591. The molecule has 1 aromatic carbocycles. The Morgan fingerprint density at radius 1 is 1.19 bits per heavy atom. The van der Waals surface area contributed by atoms with Crippen LogP contribution in [-0.4, -0.2) is 55.5 Å². The van der Waals surface area contributed by atoms with E-state index in [1.165, 1.54) is 6.92 Å². The lowest BCUT2D eigenvalue weighted by Crippen LogP contribution is -2.68. The van der Waals surface area contributed by atoms with Gasteiger partial charge in [0.25, 0.3) is 0 Å². The highest BCUT2D eigenvalue weighted by molar-refractivity contribution is 8.13. The summed E-state index contributed by atoms with van der Waals surface area (Å²) in [7, 11) is -1.85. The Morgan fingerprint density at radius 3 is 2.35 bits per heavy atom. The minimum atomic E-state index is -1.85. The van der Waals surface area contributed by atoms with Crippen molar-refractivity contribution >= 4 is 48.7 Å². The fourth-order valence-electron chi connectivity index (χ4n) is 3.85. The Morgan fingerprint density at radius 2 is 1.81 bits per heavy atom. The largest absolute Gasteiger partial charge is 0.466 e. The molecule has 0 radical (unpaired) electrons. The van der Waals surface area contributed by atoms with Crippen LogP contribution >= 0.6 is 23.4 Å². The van der Waals surface area contributed by atoms with Gasteiger partial charge >= 0.3 is 5.97 Å². The number of ether oxygens (including phenoxy) is 1. The number of carbonyl (C=O) groups excluding carboxylic acids is 3. The van der Waals surface area contributed by atoms with Gasteiger partial charge in [-0.25, -0.2) is 0 Å². The van der Waals surface area contributed by atoms with Gasteiger partial charge in [0.2, 0.25) is 5.91 Å². The van der Waals surface area contributed by atoms with E-state index in [4.69, 9.17) is 20.8 Å². The van der Waals surface area contributed by atoms with Gasteiger partial charge in [-0.05, 0) is 57.3 Å². The van der Waals surface area contributed by atoms with E-state index in [0.717, 1.165) is 16.7 Å². The first kappa shape index (κ1) is 25.9. The Balaban J connectivity index is 2.12. The van der Waals surface area contributed by atoms with Crippen LogP contribution < -0.4 is 0 Å². The molecule has 1 aromatic rings. The minimum Gasteiger partial charge on any atom is -0.466 e. The predicted octanol–water partition coefficient (Wildman–Crippen LogP) is 4.62. The van der Waals surface area contributed by atoms with Crippen LogP contribution in [0.5, 0.6) is 0 Å². The molecule has 1 aliphatic rings. The molecule has 1 amide bonds. The first-order valence-electron chi connectivity index (χ1n) is 10.5. The van der Waals surface area contributed by atoms with Gasteiger partial charge in [0.1, 0.15) is 0 Å². The Bertz CT molecular complexity index is 798. The first-order chi connectivity index (χ1) is 14.4. The summed E-state index contributed by atoms with van der Waals surface area (Å²) in [6, 6.07) is 6.89. The van der Waals surface area contributed by atoms with Gasteiger partial charge < -0.3 is 14.1 Å². The van der Waals surface area contributed by atoms with E-state index in [2.05, 4.69) is 19.6 Å². The van der Waals surface area contributed by atoms with E-state index in [-0.39, 0.29) is 47.6 Å². The van der Waals surface area contributed by atoms with E-state index in [1.807, 2.05) is 26.0 Å². The summed E-state index contributed by atoms with van der Waals surface area (Å²) < 4.78 is 11.2. The minimum absolute atomic E-state index is 0.00462. The van der Waals surface area contributed by atoms with Gasteiger partial charge in [-0.3, -0.25) is 14.4 Å². The highest BCUT2D eigenvalue weighted by atomic mass is 35.5. The molecule has 1 aliphatic heterocycles. The predicted molar refractivity (Wildman–Crippen MR) is 126 cm³/mol. The van der Waals surface area contributed by atoms with E-state index >= 15 is 0 Å². The number of thioether (sulfide) groups is 1. The van der Waals surface area contributed by atoms with Crippen molar-refractivity contribution in [3.63, 3.8) is 0 Å². The molecular formula is C22H32ClNO5SSi. The van der Waals surface area contributed by atoms with Crippen molar-refractivity contribution in [1.29, 1.82) is 0 Å². The molecular weight excluding hydrogens is 454 g/mol. The maximum absolute atomic E-state index is 13.0. The molecule has 2 rings (SSSR count). The number of carbonyl (C=O) groups is 3. The third-order valence-corrected chi connectivity index (χ3v) is 7.52. The molecule has 0 bridgehead atoms. The van der Waals surface area contributed by atoms with E-state index in [0.29, 0.717) is 18.0 Å². The molecule has 6 nitrogen and oxygen atoms in total. The highest BCUT2D eigenvalue weighted by Crippen LogP contribution is 2.39. The lowest BCUT2D eigenvalue weighted by Gasteiger charge is -2.52. The third-order valence-electron chi connectivity index (χ3n) is 5.11. The van der Waals surface area contributed by atoms with Crippen molar-refractivity contribution < 1.29 is 23.5 Å². The van der Waals surface area contributed by atoms with E-state index in [9.17, 15) is 14.4 Å². The summed E-state index contributed by atoms with van der Waals surface area (Å²) in [5.74, 6) is -1.07. The number of rotatable bonds is 10. The second-order valence-electron chi connectivity index (χ2n) is 8.84. The SMILES string of the molecule is CC(=O)OCCCN1C(=O)[C@H]([C@@H](C)O[Si](C)(C)C)[C@H]1[C@@H](C)C(=O)Sc1ccc(Cl)cc1. The maximum atomic E-state index is 13.0. The number of hydrogen-bond acceptors (Lipinski definition) is 6. The zero-order chi connectivity index (χ0) is 23.3. The molecule has 9 heteroatoms. The first-order valence-corrected chi connectivity index (χ1v) is 15.1.